The predicted octanol–water partition coefficient (Wildman–Crippen LogP) is 3.97. The SMILES string of the molecule is Cc1cccc(N2CCN(C(=O)C(=O)c3c[nH]c4ccc(Cl)cc34)CC2)c1C. The lowest BCUT2D eigenvalue weighted by atomic mass is 10.1. The Kier molecular flexibility index (Phi) is 4.85. The van der Waals surface area contributed by atoms with Crippen LogP contribution in [0.4, 0.5) is 5.69 Å². The highest BCUT2D eigenvalue weighted by Crippen LogP contribution is 2.25. The average molecular weight is 396 g/mol. The standard InChI is InChI=1S/C22H22ClN3O2/c1-14-4-3-5-20(15(14)2)25-8-10-26(11-9-25)22(28)21(27)18-13-24-19-7-6-16(23)12-17(18)19/h3-7,12-13,24H,8-11H2,1-2H3. The third-order valence-electron chi connectivity index (χ3n) is 5.57. The molecular weight excluding hydrogens is 374 g/mol. The number of rotatable bonds is 3. The van der Waals surface area contributed by atoms with Crippen LogP contribution in [0.3, 0.4) is 0 Å². The summed E-state index contributed by atoms with van der Waals surface area (Å²) in [5.41, 5.74) is 4.88. The smallest absolute Gasteiger partial charge is 0.295 e. The Morgan fingerprint density at radius 3 is 2.54 bits per heavy atom. The van der Waals surface area contributed by atoms with Crippen molar-refractivity contribution >= 4 is 39.9 Å². The number of hydrogen-bond acceptors (Lipinski definition) is 3. The van der Waals surface area contributed by atoms with E-state index in [1.807, 2.05) is 6.07 Å². The van der Waals surface area contributed by atoms with Crippen molar-refractivity contribution in [3.05, 3.63) is 64.3 Å². The van der Waals surface area contributed by atoms with E-state index in [0.717, 1.165) is 5.52 Å². The van der Waals surface area contributed by atoms with Crippen LogP contribution in [0, 0.1) is 13.8 Å². The van der Waals surface area contributed by atoms with Crippen molar-refractivity contribution in [1.82, 2.24) is 9.88 Å². The molecule has 1 saturated heterocycles. The molecule has 0 unspecified atom stereocenters. The Morgan fingerprint density at radius 1 is 1.04 bits per heavy atom. The number of piperazine rings is 1. The molecule has 0 aliphatic carbocycles. The second-order valence-corrected chi connectivity index (χ2v) is 7.66. The van der Waals surface area contributed by atoms with Gasteiger partial charge in [0.2, 0.25) is 0 Å². The van der Waals surface area contributed by atoms with Gasteiger partial charge >= 0.3 is 0 Å². The Morgan fingerprint density at radius 2 is 1.79 bits per heavy atom. The van der Waals surface area contributed by atoms with Crippen LogP contribution in [0.1, 0.15) is 21.5 Å². The second-order valence-electron chi connectivity index (χ2n) is 7.22. The average Bonchev–Trinajstić information content (AvgIpc) is 3.12. The number of aromatic nitrogens is 1. The lowest BCUT2D eigenvalue weighted by Gasteiger charge is -2.36. The molecule has 5 nitrogen and oxygen atoms in total. The number of nitrogens with one attached hydrogen (secondary N) is 1. The fraction of sp³-hybridized carbons (Fsp3) is 0.273. The summed E-state index contributed by atoms with van der Waals surface area (Å²) in [4.78, 5) is 32.6. The number of anilines is 1. The maximum atomic E-state index is 12.8. The van der Waals surface area contributed by atoms with Gasteiger partial charge in [-0.05, 0) is 49.2 Å². The maximum Gasteiger partial charge on any atom is 0.295 e. The second kappa shape index (κ2) is 7.32. The largest absolute Gasteiger partial charge is 0.368 e. The van der Waals surface area contributed by atoms with Crippen LogP contribution in [-0.2, 0) is 4.79 Å². The van der Waals surface area contributed by atoms with Crippen LogP contribution in [0.5, 0.6) is 0 Å². The van der Waals surface area contributed by atoms with E-state index < -0.39 is 11.7 Å². The summed E-state index contributed by atoms with van der Waals surface area (Å²) in [7, 11) is 0. The molecule has 144 valence electrons. The van der Waals surface area contributed by atoms with E-state index in [2.05, 4.69) is 41.9 Å². The van der Waals surface area contributed by atoms with Crippen molar-refractivity contribution in [3.8, 4) is 0 Å². The van der Waals surface area contributed by atoms with Gasteiger partial charge in [0.25, 0.3) is 11.7 Å². The number of H-pyrrole nitrogens is 1. The van der Waals surface area contributed by atoms with E-state index in [4.69, 9.17) is 11.6 Å². The van der Waals surface area contributed by atoms with Gasteiger partial charge in [-0.25, -0.2) is 0 Å². The first-order valence-electron chi connectivity index (χ1n) is 9.37. The quantitative estimate of drug-likeness (QED) is 0.539. The van der Waals surface area contributed by atoms with Crippen LogP contribution in [0.25, 0.3) is 10.9 Å². The van der Waals surface area contributed by atoms with Crippen molar-refractivity contribution in [2.75, 3.05) is 31.1 Å². The number of carbonyl (C=O) groups excluding carboxylic acids is 2. The number of aromatic amines is 1. The van der Waals surface area contributed by atoms with E-state index in [0.29, 0.717) is 42.2 Å². The number of hydrogen-bond donors (Lipinski definition) is 1. The first kappa shape index (κ1) is 18.6. The Hall–Kier alpha value is -2.79. The zero-order valence-electron chi connectivity index (χ0n) is 16.0. The van der Waals surface area contributed by atoms with Crippen molar-refractivity contribution in [2.24, 2.45) is 0 Å². The monoisotopic (exact) mass is 395 g/mol. The number of ketones is 1. The Bertz CT molecular complexity index is 1060. The number of amides is 1. The number of Topliss-reactive ketones (excluding diaryl/α,β-unsaturated/α-hetero) is 1. The summed E-state index contributed by atoms with van der Waals surface area (Å²) in [5.74, 6) is -0.949. The van der Waals surface area contributed by atoms with Crippen molar-refractivity contribution in [3.63, 3.8) is 0 Å². The number of benzene rings is 2. The van der Waals surface area contributed by atoms with E-state index in [-0.39, 0.29) is 0 Å². The molecule has 0 bridgehead atoms. The molecule has 0 radical (unpaired) electrons. The van der Waals surface area contributed by atoms with Crippen molar-refractivity contribution < 1.29 is 9.59 Å². The topological polar surface area (TPSA) is 56.4 Å². The van der Waals surface area contributed by atoms with Gasteiger partial charge in [0.15, 0.2) is 0 Å². The van der Waals surface area contributed by atoms with Gasteiger partial charge in [-0.15, -0.1) is 0 Å². The molecule has 0 spiro atoms. The molecule has 3 aromatic rings. The minimum Gasteiger partial charge on any atom is -0.368 e. The molecular formula is C22H22ClN3O2. The van der Waals surface area contributed by atoms with Gasteiger partial charge in [0.1, 0.15) is 0 Å². The van der Waals surface area contributed by atoms with Crippen molar-refractivity contribution in [1.29, 1.82) is 0 Å². The third-order valence-corrected chi connectivity index (χ3v) is 5.80. The van der Waals surface area contributed by atoms with Gasteiger partial charge in [-0.3, -0.25) is 9.59 Å². The van der Waals surface area contributed by atoms with Crippen LogP contribution in [0.15, 0.2) is 42.6 Å². The van der Waals surface area contributed by atoms with E-state index in [1.165, 1.54) is 16.8 Å². The molecule has 1 amide bonds. The molecule has 4 rings (SSSR count). The molecule has 28 heavy (non-hydrogen) atoms. The lowest BCUT2D eigenvalue weighted by Crippen LogP contribution is -2.50. The highest BCUT2D eigenvalue weighted by atomic mass is 35.5. The lowest BCUT2D eigenvalue weighted by molar-refractivity contribution is -0.126. The molecule has 0 saturated carbocycles. The summed E-state index contributed by atoms with van der Waals surface area (Å²) >= 11 is 6.05. The first-order valence-corrected chi connectivity index (χ1v) is 9.75. The van der Waals surface area contributed by atoms with E-state index in [9.17, 15) is 9.59 Å². The Balaban J connectivity index is 1.48. The summed E-state index contributed by atoms with van der Waals surface area (Å²) in [5, 5.41) is 1.22. The normalized spacial score (nSPS) is 14.5. The van der Waals surface area contributed by atoms with Gasteiger partial charge in [-0.2, -0.15) is 0 Å². The molecule has 2 aromatic carbocycles. The molecule has 0 atom stereocenters. The van der Waals surface area contributed by atoms with Crippen LogP contribution >= 0.6 is 11.6 Å². The zero-order valence-corrected chi connectivity index (χ0v) is 16.7. The third kappa shape index (κ3) is 3.27. The fourth-order valence-electron chi connectivity index (χ4n) is 3.77. The highest BCUT2D eigenvalue weighted by molar-refractivity contribution is 6.45. The molecule has 6 heteroatoms. The minimum atomic E-state index is -0.492. The first-order chi connectivity index (χ1) is 13.5. The molecule has 1 N–H and O–H groups in total. The van der Waals surface area contributed by atoms with Crippen LogP contribution in [0.2, 0.25) is 5.02 Å². The van der Waals surface area contributed by atoms with Crippen molar-refractivity contribution in [2.45, 2.75) is 13.8 Å². The predicted molar refractivity (Wildman–Crippen MR) is 112 cm³/mol. The summed E-state index contributed by atoms with van der Waals surface area (Å²) in [6, 6.07) is 11.5. The molecule has 1 aromatic heterocycles. The van der Waals surface area contributed by atoms with Gasteiger partial charge in [0, 0.05) is 54.0 Å². The Labute approximate surface area is 168 Å². The van der Waals surface area contributed by atoms with Gasteiger partial charge in [0.05, 0.1) is 5.56 Å². The molecule has 2 heterocycles. The molecule has 1 aliphatic rings. The number of nitrogens with zero attached hydrogens (tertiary/aromatic N) is 2. The summed E-state index contributed by atoms with van der Waals surface area (Å²) in [6.07, 6.45) is 1.59. The van der Waals surface area contributed by atoms with E-state index in [1.54, 1.807) is 23.2 Å². The fourth-order valence-corrected chi connectivity index (χ4v) is 3.94. The van der Waals surface area contributed by atoms with Crippen LogP contribution in [-0.4, -0.2) is 47.8 Å². The van der Waals surface area contributed by atoms with Crippen LogP contribution < -0.4 is 4.90 Å². The zero-order chi connectivity index (χ0) is 19.8. The molecule has 1 aliphatic heterocycles. The minimum absolute atomic E-state index is 0.374. The number of fused-ring (bicyclic) bond motifs is 1. The maximum absolute atomic E-state index is 12.8. The number of halogens is 1. The number of carbonyl (C=O) groups is 2. The van der Waals surface area contributed by atoms with Gasteiger partial charge in [-0.1, -0.05) is 23.7 Å². The highest BCUT2D eigenvalue weighted by Gasteiger charge is 2.28. The van der Waals surface area contributed by atoms with Gasteiger partial charge < -0.3 is 14.8 Å². The summed E-state index contributed by atoms with van der Waals surface area (Å²) in [6.45, 7) is 6.70. The molecule has 1 fully saturated rings. The number of aryl methyl sites for hydroxylation is 1. The van der Waals surface area contributed by atoms with E-state index >= 15 is 0 Å². The summed E-state index contributed by atoms with van der Waals surface area (Å²) < 4.78 is 0.